The van der Waals surface area contributed by atoms with E-state index in [1.807, 2.05) is 6.07 Å². The Kier molecular flexibility index (Phi) is 4.44. The highest BCUT2D eigenvalue weighted by Gasteiger charge is 2.39. The number of nitrogens with zero attached hydrogens (tertiary/aromatic N) is 3. The molecule has 1 atom stereocenters. The predicted molar refractivity (Wildman–Crippen MR) is 98.3 cm³/mol. The van der Waals surface area contributed by atoms with Gasteiger partial charge in [0.25, 0.3) is 11.7 Å². The van der Waals surface area contributed by atoms with Gasteiger partial charge in [-0.15, -0.1) is 0 Å². The van der Waals surface area contributed by atoms with Crippen LogP contribution in [0.2, 0.25) is 0 Å². The first-order valence-electron chi connectivity index (χ1n) is 8.46. The third-order valence-corrected chi connectivity index (χ3v) is 4.33. The summed E-state index contributed by atoms with van der Waals surface area (Å²) in [6.07, 6.45) is -0.925. The molecule has 140 valence electrons. The third-order valence-electron chi connectivity index (χ3n) is 4.33. The molecule has 8 heteroatoms. The number of anilines is 1. The van der Waals surface area contributed by atoms with E-state index in [9.17, 15) is 19.3 Å². The molecular formula is C20H14FN3O4. The standard InChI is InChI=1S/C20H14FN3O4/c21-15-8-4-5-13(11-15)12-23-19-16(9-10-17(22-19)24(26)27)28-18(20(23)25)14-6-2-1-3-7-14/h1-11,18H,12H2. The van der Waals surface area contributed by atoms with Gasteiger partial charge >= 0.3 is 5.82 Å². The highest BCUT2D eigenvalue weighted by molar-refractivity contribution is 5.99. The quantitative estimate of drug-likeness (QED) is 0.508. The second-order valence-corrected chi connectivity index (χ2v) is 6.21. The number of aromatic nitrogens is 1. The van der Waals surface area contributed by atoms with Crippen LogP contribution in [-0.4, -0.2) is 15.8 Å². The zero-order chi connectivity index (χ0) is 19.7. The van der Waals surface area contributed by atoms with Crippen molar-refractivity contribution in [1.82, 2.24) is 4.98 Å². The van der Waals surface area contributed by atoms with E-state index in [0.717, 1.165) is 0 Å². The SMILES string of the molecule is O=C1C(c2ccccc2)Oc2ccc([N+](=O)[O-])nc2N1Cc1cccc(F)c1. The molecule has 1 amide bonds. The minimum Gasteiger partial charge on any atom is -0.469 e. The molecule has 1 aliphatic rings. The van der Waals surface area contributed by atoms with Crippen LogP contribution in [0, 0.1) is 15.9 Å². The monoisotopic (exact) mass is 379 g/mol. The second-order valence-electron chi connectivity index (χ2n) is 6.21. The Balaban J connectivity index is 1.79. The maximum Gasteiger partial charge on any atom is 0.366 e. The van der Waals surface area contributed by atoms with Crippen LogP contribution in [-0.2, 0) is 11.3 Å². The van der Waals surface area contributed by atoms with E-state index in [1.165, 1.54) is 35.2 Å². The van der Waals surface area contributed by atoms with Gasteiger partial charge in [0.15, 0.2) is 5.75 Å². The van der Waals surface area contributed by atoms with Crippen molar-refractivity contribution in [2.24, 2.45) is 0 Å². The number of amides is 1. The van der Waals surface area contributed by atoms with Gasteiger partial charge in [-0.1, -0.05) is 42.5 Å². The molecule has 0 aliphatic carbocycles. The van der Waals surface area contributed by atoms with Crippen molar-refractivity contribution < 1.29 is 18.8 Å². The van der Waals surface area contributed by atoms with E-state index in [-0.39, 0.29) is 18.1 Å². The van der Waals surface area contributed by atoms with E-state index in [1.54, 1.807) is 30.3 Å². The Morgan fingerprint density at radius 3 is 2.61 bits per heavy atom. The highest BCUT2D eigenvalue weighted by Crippen LogP contribution is 2.39. The Morgan fingerprint density at radius 2 is 1.89 bits per heavy atom. The first-order chi connectivity index (χ1) is 13.5. The number of carbonyl (C=O) groups excluding carboxylic acids is 1. The number of carbonyl (C=O) groups is 1. The molecule has 1 aliphatic heterocycles. The lowest BCUT2D eigenvalue weighted by Gasteiger charge is -2.31. The molecule has 0 fully saturated rings. The largest absolute Gasteiger partial charge is 0.469 e. The minimum atomic E-state index is -0.925. The third kappa shape index (κ3) is 3.27. The lowest BCUT2D eigenvalue weighted by Crippen LogP contribution is -2.41. The van der Waals surface area contributed by atoms with Gasteiger partial charge in [0.1, 0.15) is 5.82 Å². The number of rotatable bonds is 4. The van der Waals surface area contributed by atoms with Crippen LogP contribution >= 0.6 is 0 Å². The average Bonchev–Trinajstić information content (AvgIpc) is 2.70. The molecular weight excluding hydrogens is 365 g/mol. The van der Waals surface area contributed by atoms with Gasteiger partial charge < -0.3 is 14.9 Å². The molecule has 0 spiro atoms. The number of fused-ring (bicyclic) bond motifs is 1. The Labute approximate surface area is 159 Å². The molecule has 28 heavy (non-hydrogen) atoms. The molecule has 0 saturated heterocycles. The van der Waals surface area contributed by atoms with Gasteiger partial charge in [0.2, 0.25) is 6.10 Å². The van der Waals surface area contributed by atoms with E-state index in [0.29, 0.717) is 11.1 Å². The second kappa shape index (κ2) is 7.07. The van der Waals surface area contributed by atoms with Crippen molar-refractivity contribution in [1.29, 1.82) is 0 Å². The summed E-state index contributed by atoms with van der Waals surface area (Å²) in [5.41, 5.74) is 1.17. The number of ether oxygens (including phenoxy) is 1. The average molecular weight is 379 g/mol. The first-order valence-corrected chi connectivity index (χ1v) is 8.46. The molecule has 2 aromatic carbocycles. The summed E-state index contributed by atoms with van der Waals surface area (Å²) >= 11 is 0. The summed E-state index contributed by atoms with van der Waals surface area (Å²) in [5, 5.41) is 11.1. The predicted octanol–water partition coefficient (Wildman–Crippen LogP) is 3.80. The lowest BCUT2D eigenvalue weighted by atomic mass is 10.1. The van der Waals surface area contributed by atoms with E-state index in [4.69, 9.17) is 4.74 Å². The number of nitro groups is 1. The van der Waals surface area contributed by atoms with Crippen LogP contribution in [0.25, 0.3) is 0 Å². The minimum absolute atomic E-state index is 0.00442. The van der Waals surface area contributed by atoms with Crippen LogP contribution in [0.4, 0.5) is 16.0 Å². The Hall–Kier alpha value is -3.81. The van der Waals surface area contributed by atoms with E-state index < -0.39 is 28.6 Å². The van der Waals surface area contributed by atoms with Gasteiger partial charge in [0.05, 0.1) is 6.54 Å². The molecule has 0 radical (unpaired) electrons. The maximum absolute atomic E-state index is 13.6. The highest BCUT2D eigenvalue weighted by atomic mass is 19.1. The molecule has 0 N–H and O–H groups in total. The summed E-state index contributed by atoms with van der Waals surface area (Å²) in [7, 11) is 0. The van der Waals surface area contributed by atoms with Gasteiger partial charge in [0, 0.05) is 11.6 Å². The fourth-order valence-corrected chi connectivity index (χ4v) is 3.05. The van der Waals surface area contributed by atoms with Gasteiger partial charge in [-0.25, -0.2) is 4.39 Å². The molecule has 1 unspecified atom stereocenters. The van der Waals surface area contributed by atoms with Crippen molar-refractivity contribution in [3.8, 4) is 5.75 Å². The van der Waals surface area contributed by atoms with Crippen LogP contribution < -0.4 is 9.64 Å². The van der Waals surface area contributed by atoms with Crippen LogP contribution in [0.1, 0.15) is 17.2 Å². The summed E-state index contributed by atoms with van der Waals surface area (Å²) in [5.74, 6) is -0.996. The maximum atomic E-state index is 13.6. The van der Waals surface area contributed by atoms with Gasteiger partial charge in [-0.05, 0) is 33.7 Å². The zero-order valence-corrected chi connectivity index (χ0v) is 14.5. The first kappa shape index (κ1) is 17.6. The number of benzene rings is 2. The van der Waals surface area contributed by atoms with Crippen LogP contribution in [0.5, 0.6) is 5.75 Å². The van der Waals surface area contributed by atoms with Gasteiger partial charge in [-0.2, -0.15) is 0 Å². The van der Waals surface area contributed by atoms with Crippen molar-refractivity contribution in [2.75, 3.05) is 4.90 Å². The van der Waals surface area contributed by atoms with Crippen molar-refractivity contribution in [3.63, 3.8) is 0 Å². The Morgan fingerprint density at radius 1 is 1.11 bits per heavy atom. The zero-order valence-electron chi connectivity index (χ0n) is 14.5. The number of hydrogen-bond donors (Lipinski definition) is 0. The smallest absolute Gasteiger partial charge is 0.366 e. The summed E-state index contributed by atoms with van der Waals surface area (Å²) < 4.78 is 19.4. The molecule has 0 bridgehead atoms. The molecule has 0 saturated carbocycles. The summed E-state index contributed by atoms with van der Waals surface area (Å²) in [6, 6.07) is 17.3. The Bertz CT molecular complexity index is 1060. The van der Waals surface area contributed by atoms with Crippen molar-refractivity contribution in [3.05, 3.63) is 93.8 Å². The fraction of sp³-hybridized carbons (Fsp3) is 0.100. The van der Waals surface area contributed by atoms with E-state index in [2.05, 4.69) is 4.98 Å². The van der Waals surface area contributed by atoms with Gasteiger partial charge in [-0.3, -0.25) is 9.69 Å². The molecule has 3 aromatic rings. The van der Waals surface area contributed by atoms with E-state index >= 15 is 0 Å². The number of hydrogen-bond acceptors (Lipinski definition) is 5. The molecule has 2 heterocycles. The number of pyridine rings is 1. The molecule has 1 aromatic heterocycles. The fourth-order valence-electron chi connectivity index (χ4n) is 3.05. The summed E-state index contributed by atoms with van der Waals surface area (Å²) in [4.78, 5) is 28.9. The molecule has 7 nitrogen and oxygen atoms in total. The van der Waals surface area contributed by atoms with Crippen LogP contribution in [0.3, 0.4) is 0 Å². The normalized spacial score (nSPS) is 15.7. The lowest BCUT2D eigenvalue weighted by molar-refractivity contribution is -0.389. The topological polar surface area (TPSA) is 85.6 Å². The van der Waals surface area contributed by atoms with Crippen molar-refractivity contribution in [2.45, 2.75) is 12.6 Å². The van der Waals surface area contributed by atoms with Crippen molar-refractivity contribution >= 4 is 17.5 Å². The van der Waals surface area contributed by atoms with Crippen LogP contribution in [0.15, 0.2) is 66.7 Å². The number of halogens is 1. The summed E-state index contributed by atoms with van der Waals surface area (Å²) in [6.45, 7) is 0.00442. The molecule has 4 rings (SSSR count).